The lowest BCUT2D eigenvalue weighted by atomic mass is 9.99. The van der Waals surface area contributed by atoms with Gasteiger partial charge in [-0.1, -0.05) is 20.8 Å². The van der Waals surface area contributed by atoms with Gasteiger partial charge in [-0.15, -0.1) is 12.4 Å². The molecule has 3 N–H and O–H groups in total. The Balaban J connectivity index is 0.00000392. The first-order valence-electron chi connectivity index (χ1n) is 9.83. The van der Waals surface area contributed by atoms with E-state index in [0.29, 0.717) is 25.3 Å². The highest BCUT2D eigenvalue weighted by molar-refractivity contribution is 7.89. The maximum absolute atomic E-state index is 12.8. The summed E-state index contributed by atoms with van der Waals surface area (Å²) in [5.41, 5.74) is 1.26. The van der Waals surface area contributed by atoms with E-state index in [9.17, 15) is 13.2 Å². The van der Waals surface area contributed by atoms with Crippen molar-refractivity contribution in [2.24, 2.45) is 5.92 Å². The molecule has 0 saturated carbocycles. The van der Waals surface area contributed by atoms with Gasteiger partial charge in [0.25, 0.3) is 0 Å². The quantitative estimate of drug-likeness (QED) is 0.558. The van der Waals surface area contributed by atoms with E-state index in [0.717, 1.165) is 38.0 Å². The van der Waals surface area contributed by atoms with Gasteiger partial charge in [0.1, 0.15) is 0 Å². The molecular formula is C19H33ClN4O3S. The molecule has 1 atom stereocenters. The number of amides is 1. The fourth-order valence-corrected chi connectivity index (χ4v) is 4.71. The molecule has 1 heterocycles. The van der Waals surface area contributed by atoms with Gasteiger partial charge in [-0.25, -0.2) is 8.42 Å². The highest BCUT2D eigenvalue weighted by Gasteiger charge is 2.25. The molecule has 1 aromatic rings. The molecule has 7 nitrogen and oxygen atoms in total. The number of halogens is 1. The summed E-state index contributed by atoms with van der Waals surface area (Å²) >= 11 is 0. The number of carbonyl (C=O) groups is 1. The third-order valence-corrected chi connectivity index (χ3v) is 6.87. The number of nitrogens with zero attached hydrogens (tertiary/aromatic N) is 1. The summed E-state index contributed by atoms with van der Waals surface area (Å²) in [5.74, 6) is -0.167. The molecule has 28 heavy (non-hydrogen) atoms. The summed E-state index contributed by atoms with van der Waals surface area (Å²) in [6.45, 7) is 8.84. The highest BCUT2D eigenvalue weighted by atomic mass is 35.5. The normalized spacial score (nSPS) is 17.1. The second-order valence-electron chi connectivity index (χ2n) is 6.76. The van der Waals surface area contributed by atoms with Crippen molar-refractivity contribution in [1.82, 2.24) is 9.62 Å². The van der Waals surface area contributed by atoms with Crippen LogP contribution in [-0.4, -0.2) is 51.4 Å². The monoisotopic (exact) mass is 432 g/mol. The molecule has 9 heteroatoms. The number of benzene rings is 1. The van der Waals surface area contributed by atoms with Crippen molar-refractivity contribution < 1.29 is 13.2 Å². The van der Waals surface area contributed by atoms with E-state index >= 15 is 0 Å². The topological polar surface area (TPSA) is 90.5 Å². The number of hydrogen-bond donors (Lipinski definition) is 3. The van der Waals surface area contributed by atoms with Crippen molar-refractivity contribution in [2.45, 2.75) is 44.9 Å². The second-order valence-corrected chi connectivity index (χ2v) is 8.69. The molecule has 1 aliphatic heterocycles. The van der Waals surface area contributed by atoms with E-state index in [4.69, 9.17) is 0 Å². The number of rotatable bonds is 9. The average molecular weight is 433 g/mol. The maximum atomic E-state index is 12.8. The molecule has 160 valence electrons. The van der Waals surface area contributed by atoms with Crippen LogP contribution < -0.4 is 16.0 Å². The summed E-state index contributed by atoms with van der Waals surface area (Å²) in [6.07, 6.45) is 2.74. The van der Waals surface area contributed by atoms with Crippen LogP contribution >= 0.6 is 12.4 Å². The van der Waals surface area contributed by atoms with Gasteiger partial charge in [-0.05, 0) is 44.0 Å². The number of nitrogens with one attached hydrogen (secondary N) is 3. The van der Waals surface area contributed by atoms with Crippen LogP contribution in [0.5, 0.6) is 0 Å². The highest BCUT2D eigenvalue weighted by Crippen LogP contribution is 2.28. The van der Waals surface area contributed by atoms with Gasteiger partial charge in [0.2, 0.25) is 15.9 Å². The predicted molar refractivity (Wildman–Crippen MR) is 117 cm³/mol. The summed E-state index contributed by atoms with van der Waals surface area (Å²) < 4.78 is 27.1. The van der Waals surface area contributed by atoms with E-state index in [1.807, 2.05) is 13.8 Å². The fourth-order valence-electron chi connectivity index (χ4n) is 3.22. The van der Waals surface area contributed by atoms with Crippen LogP contribution in [0.2, 0.25) is 0 Å². The molecule has 1 aliphatic rings. The van der Waals surface area contributed by atoms with Crippen molar-refractivity contribution in [2.75, 3.05) is 43.4 Å². The molecular weight excluding hydrogens is 400 g/mol. The lowest BCUT2D eigenvalue weighted by Crippen LogP contribution is -2.37. The zero-order valence-corrected chi connectivity index (χ0v) is 18.6. The Morgan fingerprint density at radius 3 is 2.50 bits per heavy atom. The van der Waals surface area contributed by atoms with Crippen LogP contribution in [0.4, 0.5) is 11.4 Å². The van der Waals surface area contributed by atoms with Gasteiger partial charge >= 0.3 is 0 Å². The standard InChI is InChI=1S/C19H32N4O3S.ClH/c1-4-11-21-17-10-9-16(27(25,26)23(5-2)6-3)13-18(17)22-19(24)15-8-7-12-20-14-15;/h9-10,13,15,20-21H,4-8,11-12,14H2,1-3H3,(H,22,24);1H. The zero-order chi connectivity index (χ0) is 19.9. The lowest BCUT2D eigenvalue weighted by Gasteiger charge is -2.23. The van der Waals surface area contributed by atoms with Crippen molar-refractivity contribution in [3.8, 4) is 0 Å². The van der Waals surface area contributed by atoms with Gasteiger partial charge < -0.3 is 16.0 Å². The van der Waals surface area contributed by atoms with E-state index < -0.39 is 10.0 Å². The Morgan fingerprint density at radius 2 is 1.93 bits per heavy atom. The SMILES string of the molecule is CCCNc1ccc(S(=O)(=O)N(CC)CC)cc1NC(=O)C1CCCNC1.Cl. The van der Waals surface area contributed by atoms with Crippen LogP contribution in [0.25, 0.3) is 0 Å². The summed E-state index contributed by atoms with van der Waals surface area (Å²) in [4.78, 5) is 12.9. The maximum Gasteiger partial charge on any atom is 0.243 e. The Labute approximate surface area is 175 Å². The minimum absolute atomic E-state index is 0. The molecule has 0 aromatic heterocycles. The van der Waals surface area contributed by atoms with Crippen molar-refractivity contribution >= 4 is 39.7 Å². The molecule has 1 amide bonds. The molecule has 1 aromatic carbocycles. The summed E-state index contributed by atoms with van der Waals surface area (Å²) in [6, 6.07) is 4.91. The average Bonchev–Trinajstić information content (AvgIpc) is 2.68. The Bertz CT molecular complexity index is 733. The van der Waals surface area contributed by atoms with Crippen molar-refractivity contribution in [3.05, 3.63) is 18.2 Å². The Hall–Kier alpha value is -1.35. The molecule has 1 fully saturated rings. The minimum atomic E-state index is -3.58. The number of carbonyl (C=O) groups excluding carboxylic acids is 1. The number of hydrogen-bond acceptors (Lipinski definition) is 5. The van der Waals surface area contributed by atoms with Crippen molar-refractivity contribution in [1.29, 1.82) is 0 Å². The molecule has 2 rings (SSSR count). The van der Waals surface area contributed by atoms with Gasteiger partial charge in [0.15, 0.2) is 0 Å². The first kappa shape index (κ1) is 24.7. The number of piperidine rings is 1. The van der Waals surface area contributed by atoms with Crippen LogP contribution in [0.1, 0.15) is 40.0 Å². The summed E-state index contributed by atoms with van der Waals surface area (Å²) in [7, 11) is -3.58. The molecule has 1 saturated heterocycles. The van der Waals surface area contributed by atoms with E-state index in [-0.39, 0.29) is 29.1 Å². The zero-order valence-electron chi connectivity index (χ0n) is 17.0. The fraction of sp³-hybridized carbons (Fsp3) is 0.632. The lowest BCUT2D eigenvalue weighted by molar-refractivity contribution is -0.120. The van der Waals surface area contributed by atoms with E-state index in [1.165, 1.54) is 4.31 Å². The van der Waals surface area contributed by atoms with Crippen LogP contribution in [0.15, 0.2) is 23.1 Å². The molecule has 1 unspecified atom stereocenters. The molecule has 0 bridgehead atoms. The van der Waals surface area contributed by atoms with Gasteiger partial charge in [-0.3, -0.25) is 4.79 Å². The van der Waals surface area contributed by atoms with Gasteiger partial charge in [0.05, 0.1) is 22.2 Å². The largest absolute Gasteiger partial charge is 0.383 e. The van der Waals surface area contributed by atoms with Crippen molar-refractivity contribution in [3.63, 3.8) is 0 Å². The first-order chi connectivity index (χ1) is 12.9. The van der Waals surface area contributed by atoms with Crippen LogP contribution in [-0.2, 0) is 14.8 Å². The molecule has 0 radical (unpaired) electrons. The number of sulfonamides is 1. The van der Waals surface area contributed by atoms with E-state index in [1.54, 1.807) is 18.2 Å². The third-order valence-electron chi connectivity index (χ3n) is 4.83. The van der Waals surface area contributed by atoms with E-state index in [2.05, 4.69) is 22.9 Å². The summed E-state index contributed by atoms with van der Waals surface area (Å²) in [5, 5.41) is 9.46. The predicted octanol–water partition coefficient (Wildman–Crippen LogP) is 2.90. The molecule has 0 spiro atoms. The first-order valence-corrected chi connectivity index (χ1v) is 11.3. The number of anilines is 2. The molecule has 0 aliphatic carbocycles. The second kappa shape index (κ2) is 11.6. The van der Waals surface area contributed by atoms with Gasteiger partial charge in [0, 0.05) is 26.2 Å². The smallest absolute Gasteiger partial charge is 0.243 e. The van der Waals surface area contributed by atoms with Gasteiger partial charge in [-0.2, -0.15) is 4.31 Å². The Morgan fingerprint density at radius 1 is 1.21 bits per heavy atom. The van der Waals surface area contributed by atoms with Crippen LogP contribution in [0, 0.1) is 5.92 Å². The van der Waals surface area contributed by atoms with Crippen LogP contribution in [0.3, 0.4) is 0 Å². The third kappa shape index (κ3) is 6.07. The Kier molecular flexibility index (Phi) is 10.2. The minimum Gasteiger partial charge on any atom is -0.383 e.